The lowest BCUT2D eigenvalue weighted by atomic mass is 10.1. The van der Waals surface area contributed by atoms with Gasteiger partial charge in [0.25, 0.3) is 0 Å². The molecule has 1 amide bonds. The number of amides is 1. The van der Waals surface area contributed by atoms with Crippen LogP contribution in [0, 0.1) is 6.92 Å². The summed E-state index contributed by atoms with van der Waals surface area (Å²) in [6.07, 6.45) is 3.58. The minimum absolute atomic E-state index is 0.0947. The molecule has 142 valence electrons. The highest BCUT2D eigenvalue weighted by Gasteiger charge is 2.16. The molecule has 26 heavy (non-hydrogen) atoms. The number of hydrogen-bond donors (Lipinski definition) is 0. The highest BCUT2D eigenvalue weighted by Crippen LogP contribution is 2.06. The van der Waals surface area contributed by atoms with Gasteiger partial charge >= 0.3 is 5.97 Å². The minimum Gasteiger partial charge on any atom is -0.469 e. The second-order valence-electron chi connectivity index (χ2n) is 6.35. The molecule has 0 bridgehead atoms. The summed E-state index contributed by atoms with van der Waals surface area (Å²) in [6.45, 7) is 6.93. The van der Waals surface area contributed by atoms with Crippen LogP contribution in [-0.4, -0.2) is 74.7 Å². The Kier molecular flexibility index (Phi) is 8.31. The molecule has 1 aliphatic rings. The third-order valence-corrected chi connectivity index (χ3v) is 4.41. The van der Waals surface area contributed by atoms with Crippen molar-refractivity contribution in [1.82, 2.24) is 9.80 Å². The summed E-state index contributed by atoms with van der Waals surface area (Å²) in [5.74, 6) is -0.403. The summed E-state index contributed by atoms with van der Waals surface area (Å²) >= 11 is 0. The van der Waals surface area contributed by atoms with E-state index in [-0.39, 0.29) is 18.3 Å². The number of ether oxygens (including phenoxy) is 2. The van der Waals surface area contributed by atoms with E-state index in [4.69, 9.17) is 9.47 Å². The third-order valence-electron chi connectivity index (χ3n) is 4.41. The molecule has 0 aromatic heterocycles. The van der Waals surface area contributed by atoms with Gasteiger partial charge in [0.1, 0.15) is 0 Å². The Hall–Kier alpha value is -2.18. The fourth-order valence-electron chi connectivity index (χ4n) is 2.70. The molecule has 0 saturated carbocycles. The number of carbonyl (C=O) groups excluding carboxylic acids is 2. The smallest absolute Gasteiger partial charge is 0.307 e. The molecule has 1 aliphatic heterocycles. The van der Waals surface area contributed by atoms with Crippen LogP contribution < -0.4 is 0 Å². The maximum absolute atomic E-state index is 12.6. The zero-order valence-electron chi connectivity index (χ0n) is 15.6. The topological polar surface area (TPSA) is 59.1 Å². The van der Waals surface area contributed by atoms with Crippen LogP contribution in [-0.2, 0) is 19.1 Å². The SMILES string of the molecule is COC(=O)CCN(CCN1CCOCC1)C(=O)/C=C/c1ccc(C)cc1. The fourth-order valence-corrected chi connectivity index (χ4v) is 2.70. The second kappa shape index (κ2) is 10.7. The summed E-state index contributed by atoms with van der Waals surface area (Å²) in [6, 6.07) is 7.98. The van der Waals surface area contributed by atoms with Gasteiger partial charge in [-0.1, -0.05) is 29.8 Å². The number of hydrogen-bond acceptors (Lipinski definition) is 5. The Morgan fingerprint density at radius 1 is 1.19 bits per heavy atom. The van der Waals surface area contributed by atoms with E-state index in [2.05, 4.69) is 4.90 Å². The third kappa shape index (κ3) is 6.98. The fraction of sp³-hybridized carbons (Fsp3) is 0.500. The first-order valence-electron chi connectivity index (χ1n) is 8.99. The lowest BCUT2D eigenvalue weighted by Crippen LogP contribution is -2.43. The molecule has 0 aliphatic carbocycles. The molecule has 6 heteroatoms. The maximum Gasteiger partial charge on any atom is 0.307 e. The van der Waals surface area contributed by atoms with E-state index in [0.717, 1.165) is 38.4 Å². The monoisotopic (exact) mass is 360 g/mol. The molecule has 1 aromatic rings. The lowest BCUT2D eigenvalue weighted by molar-refractivity contribution is -0.141. The molecule has 0 atom stereocenters. The van der Waals surface area contributed by atoms with Gasteiger partial charge in [-0.05, 0) is 18.6 Å². The largest absolute Gasteiger partial charge is 0.469 e. The van der Waals surface area contributed by atoms with Crippen LogP contribution in [0.5, 0.6) is 0 Å². The van der Waals surface area contributed by atoms with Gasteiger partial charge in [-0.25, -0.2) is 0 Å². The van der Waals surface area contributed by atoms with Crippen molar-refractivity contribution in [2.45, 2.75) is 13.3 Å². The number of carbonyl (C=O) groups is 2. The number of esters is 1. The normalized spacial score (nSPS) is 15.2. The Balaban J connectivity index is 1.94. The Labute approximate surface area is 155 Å². The number of rotatable bonds is 8. The van der Waals surface area contributed by atoms with Gasteiger partial charge in [-0.3, -0.25) is 14.5 Å². The Bertz CT molecular complexity index is 607. The van der Waals surface area contributed by atoms with E-state index in [1.54, 1.807) is 11.0 Å². The number of nitrogens with zero attached hydrogens (tertiary/aromatic N) is 2. The molecule has 1 heterocycles. The molecule has 6 nitrogen and oxygen atoms in total. The number of morpholine rings is 1. The second-order valence-corrected chi connectivity index (χ2v) is 6.35. The zero-order chi connectivity index (χ0) is 18.8. The molecule has 2 rings (SSSR count). The summed E-state index contributed by atoms with van der Waals surface area (Å²) in [4.78, 5) is 28.0. The summed E-state index contributed by atoms with van der Waals surface area (Å²) < 4.78 is 10.0. The molecule has 0 unspecified atom stereocenters. The first-order valence-corrected chi connectivity index (χ1v) is 8.99. The number of benzene rings is 1. The average Bonchev–Trinajstić information content (AvgIpc) is 2.67. The van der Waals surface area contributed by atoms with E-state index in [1.807, 2.05) is 37.3 Å². The molecular weight excluding hydrogens is 332 g/mol. The first-order chi connectivity index (χ1) is 12.6. The van der Waals surface area contributed by atoms with Crippen LogP contribution >= 0.6 is 0 Å². The predicted octanol–water partition coefficient (Wildman–Crippen LogP) is 1.73. The van der Waals surface area contributed by atoms with Crippen LogP contribution in [0.4, 0.5) is 0 Å². The minimum atomic E-state index is -0.309. The van der Waals surface area contributed by atoms with E-state index < -0.39 is 0 Å². The molecule has 1 saturated heterocycles. The first kappa shape index (κ1) is 20.1. The van der Waals surface area contributed by atoms with Gasteiger partial charge in [0.05, 0.1) is 26.7 Å². The molecule has 0 radical (unpaired) electrons. The van der Waals surface area contributed by atoms with Crippen molar-refractivity contribution < 1.29 is 19.1 Å². The van der Waals surface area contributed by atoms with Crippen molar-refractivity contribution in [2.24, 2.45) is 0 Å². The highest BCUT2D eigenvalue weighted by molar-refractivity contribution is 5.92. The van der Waals surface area contributed by atoms with Gasteiger partial charge in [-0.2, -0.15) is 0 Å². The van der Waals surface area contributed by atoms with Crippen LogP contribution in [0.3, 0.4) is 0 Å². The van der Waals surface area contributed by atoms with Crippen molar-refractivity contribution in [2.75, 3.05) is 53.0 Å². The Morgan fingerprint density at radius 2 is 1.88 bits per heavy atom. The standard InChI is InChI=1S/C20H28N2O4/c1-17-3-5-18(6-4-17)7-8-19(23)22(10-9-20(24)25-2)12-11-21-13-15-26-16-14-21/h3-8H,9-16H2,1-2H3/b8-7+. The lowest BCUT2D eigenvalue weighted by Gasteiger charge is -2.29. The predicted molar refractivity (Wildman–Crippen MR) is 101 cm³/mol. The number of aryl methyl sites for hydroxylation is 1. The molecule has 0 spiro atoms. The van der Waals surface area contributed by atoms with Gasteiger partial charge < -0.3 is 14.4 Å². The molecular formula is C20H28N2O4. The number of methoxy groups -OCH3 is 1. The quantitative estimate of drug-likeness (QED) is 0.522. The van der Waals surface area contributed by atoms with Crippen LogP contribution in [0.2, 0.25) is 0 Å². The van der Waals surface area contributed by atoms with Crippen LogP contribution in [0.25, 0.3) is 6.08 Å². The van der Waals surface area contributed by atoms with Crippen LogP contribution in [0.15, 0.2) is 30.3 Å². The van der Waals surface area contributed by atoms with Gasteiger partial charge in [-0.15, -0.1) is 0 Å². The highest BCUT2D eigenvalue weighted by atomic mass is 16.5. The summed E-state index contributed by atoms with van der Waals surface area (Å²) in [7, 11) is 1.36. The van der Waals surface area contributed by atoms with E-state index in [1.165, 1.54) is 12.7 Å². The zero-order valence-corrected chi connectivity index (χ0v) is 15.6. The maximum atomic E-state index is 12.6. The molecule has 0 N–H and O–H groups in total. The van der Waals surface area contributed by atoms with Gasteiger partial charge in [0, 0.05) is 38.8 Å². The van der Waals surface area contributed by atoms with Gasteiger partial charge in [0.2, 0.25) is 5.91 Å². The average molecular weight is 360 g/mol. The van der Waals surface area contributed by atoms with Gasteiger partial charge in [0.15, 0.2) is 0 Å². The summed E-state index contributed by atoms with van der Waals surface area (Å²) in [5.41, 5.74) is 2.16. The summed E-state index contributed by atoms with van der Waals surface area (Å²) in [5, 5.41) is 0. The molecule has 1 aromatic carbocycles. The van der Waals surface area contributed by atoms with Crippen molar-refractivity contribution >= 4 is 18.0 Å². The van der Waals surface area contributed by atoms with Crippen molar-refractivity contribution in [3.8, 4) is 0 Å². The van der Waals surface area contributed by atoms with E-state index >= 15 is 0 Å². The Morgan fingerprint density at radius 3 is 2.54 bits per heavy atom. The van der Waals surface area contributed by atoms with Crippen molar-refractivity contribution in [3.63, 3.8) is 0 Å². The van der Waals surface area contributed by atoms with E-state index in [0.29, 0.717) is 13.1 Å². The molecule has 1 fully saturated rings. The van der Waals surface area contributed by atoms with Crippen molar-refractivity contribution in [3.05, 3.63) is 41.5 Å². The van der Waals surface area contributed by atoms with Crippen molar-refractivity contribution in [1.29, 1.82) is 0 Å². The van der Waals surface area contributed by atoms with Crippen LogP contribution in [0.1, 0.15) is 17.5 Å². The van der Waals surface area contributed by atoms with E-state index in [9.17, 15) is 9.59 Å².